The van der Waals surface area contributed by atoms with E-state index in [-0.39, 0.29) is 23.1 Å². The topological polar surface area (TPSA) is 63.7 Å². The second-order valence-corrected chi connectivity index (χ2v) is 12.2. The quantitative estimate of drug-likeness (QED) is 0.408. The number of nitrogens with zero attached hydrogens (tertiary/aromatic N) is 2. The van der Waals surface area contributed by atoms with E-state index in [0.717, 1.165) is 48.0 Å². The zero-order valence-electron chi connectivity index (χ0n) is 22.1. The Hall–Kier alpha value is -3.01. The first kappa shape index (κ1) is 28.0. The van der Waals surface area contributed by atoms with Gasteiger partial charge in [-0.3, -0.25) is 4.79 Å². The van der Waals surface area contributed by atoms with Gasteiger partial charge in [-0.05, 0) is 62.7 Å². The van der Waals surface area contributed by atoms with Crippen molar-refractivity contribution in [2.75, 3.05) is 18.1 Å². The van der Waals surface area contributed by atoms with Crippen molar-refractivity contribution in [2.45, 2.75) is 58.9 Å². The molecule has 3 aliphatic heterocycles. The van der Waals surface area contributed by atoms with Crippen LogP contribution in [0.1, 0.15) is 47.0 Å². The predicted molar refractivity (Wildman–Crippen MR) is 145 cm³/mol. The van der Waals surface area contributed by atoms with E-state index in [1.165, 1.54) is 0 Å². The van der Waals surface area contributed by atoms with E-state index in [4.69, 9.17) is 9.47 Å². The van der Waals surface area contributed by atoms with Gasteiger partial charge in [0, 0.05) is 28.6 Å². The average Bonchev–Trinajstić information content (AvgIpc) is 2.89. The average molecular weight is 550 g/mol. The monoisotopic (exact) mass is 549 g/mol. The lowest BCUT2D eigenvalue weighted by atomic mass is 9.80. The maximum atomic E-state index is 13.6. The Morgan fingerprint density at radius 1 is 1.29 bits per heavy atom. The van der Waals surface area contributed by atoms with E-state index in [9.17, 15) is 18.0 Å². The molecule has 0 saturated carbocycles. The summed E-state index contributed by atoms with van der Waals surface area (Å²) >= 11 is 0. The number of rotatable bonds is 8. The number of fused-ring (bicyclic) bond motifs is 1. The minimum absolute atomic E-state index is 0.0675. The molecule has 1 fully saturated rings. The van der Waals surface area contributed by atoms with E-state index >= 15 is 0 Å². The molecule has 1 N–H and O–H groups in total. The summed E-state index contributed by atoms with van der Waals surface area (Å²) in [6, 6.07) is 0.953. The molecule has 10 heteroatoms. The fourth-order valence-electron chi connectivity index (χ4n) is 4.86. The standard InChI is InChI=1S/C28H34F3N3O3S/c1-5-38-12-10-28(11-13-38,18(2)3)33-26(35)23-9-7-21-6-8-22(16-34(21)19(23)4)37-27-24(36-17-25(30)31)14-20(29)15-32-27/h5-8,14-16,18,25H,9-13,17H2,1-4H3,(H,33,35). The number of alkyl halides is 2. The summed E-state index contributed by atoms with van der Waals surface area (Å²) in [5.74, 6) is 1.68. The van der Waals surface area contributed by atoms with Gasteiger partial charge in [0.05, 0.1) is 12.4 Å². The molecule has 1 aromatic rings. The molecule has 4 heterocycles. The van der Waals surface area contributed by atoms with Gasteiger partial charge in [0.25, 0.3) is 12.3 Å². The van der Waals surface area contributed by atoms with Crippen molar-refractivity contribution in [2.24, 2.45) is 5.92 Å². The summed E-state index contributed by atoms with van der Waals surface area (Å²) in [5.41, 5.74) is 2.09. The predicted octanol–water partition coefficient (Wildman–Crippen LogP) is 5.91. The summed E-state index contributed by atoms with van der Waals surface area (Å²) in [5, 5.41) is 5.69. The molecule has 3 aliphatic rings. The van der Waals surface area contributed by atoms with Gasteiger partial charge < -0.3 is 19.7 Å². The van der Waals surface area contributed by atoms with Crippen molar-refractivity contribution in [3.63, 3.8) is 0 Å². The van der Waals surface area contributed by atoms with Gasteiger partial charge in [0.15, 0.2) is 5.75 Å². The number of hydrogen-bond acceptors (Lipinski definition) is 5. The molecule has 0 spiro atoms. The SMILES string of the molecule is CC=S1CCC(NC(=O)C2=C(C)N3C=C(Oc4ncc(F)cc4OCC(F)F)C=CC3=CC2)(C(C)C)CC1. The van der Waals surface area contributed by atoms with Gasteiger partial charge in [0.1, 0.15) is 18.2 Å². The van der Waals surface area contributed by atoms with E-state index < -0.39 is 18.8 Å². The van der Waals surface area contributed by atoms with Crippen molar-refractivity contribution in [1.82, 2.24) is 15.2 Å². The number of pyridine rings is 1. The van der Waals surface area contributed by atoms with E-state index in [1.807, 2.05) is 24.0 Å². The number of ether oxygens (including phenoxy) is 2. The molecule has 0 radical (unpaired) electrons. The normalized spacial score (nSPS) is 23.2. The molecule has 6 nitrogen and oxygen atoms in total. The fraction of sp³-hybridized carbons (Fsp3) is 0.464. The Kier molecular flexibility index (Phi) is 8.70. The molecule has 0 bridgehead atoms. The van der Waals surface area contributed by atoms with Gasteiger partial charge in [-0.2, -0.15) is 10.5 Å². The number of hydrogen-bond donors (Lipinski definition) is 1. The number of halogens is 3. The maximum Gasteiger partial charge on any atom is 0.272 e. The lowest BCUT2D eigenvalue weighted by molar-refractivity contribution is -0.120. The highest BCUT2D eigenvalue weighted by atomic mass is 32.2. The summed E-state index contributed by atoms with van der Waals surface area (Å²) < 4.78 is 49.7. The Morgan fingerprint density at radius 3 is 2.68 bits per heavy atom. The second kappa shape index (κ2) is 11.8. The van der Waals surface area contributed by atoms with Gasteiger partial charge >= 0.3 is 0 Å². The van der Waals surface area contributed by atoms with Gasteiger partial charge in [0.2, 0.25) is 5.91 Å². The lowest BCUT2D eigenvalue weighted by Gasteiger charge is -2.43. The fourth-order valence-corrected chi connectivity index (χ4v) is 6.79. The van der Waals surface area contributed by atoms with Crippen LogP contribution in [-0.4, -0.2) is 51.2 Å². The highest BCUT2D eigenvalue weighted by molar-refractivity contribution is 8.15. The van der Waals surface area contributed by atoms with Crippen LogP contribution < -0.4 is 14.8 Å². The lowest BCUT2D eigenvalue weighted by Crippen LogP contribution is -2.55. The molecule has 0 atom stereocenters. The first-order valence-electron chi connectivity index (χ1n) is 12.7. The minimum Gasteiger partial charge on any atom is -0.482 e. The van der Waals surface area contributed by atoms with Crippen LogP contribution in [0, 0.1) is 11.7 Å². The number of amides is 1. The van der Waals surface area contributed by atoms with Crippen molar-refractivity contribution in [1.29, 1.82) is 0 Å². The smallest absolute Gasteiger partial charge is 0.272 e. The molecule has 206 valence electrons. The van der Waals surface area contributed by atoms with Crippen molar-refractivity contribution in [3.8, 4) is 11.6 Å². The molecule has 4 rings (SSSR count). The third kappa shape index (κ3) is 6.17. The zero-order valence-corrected chi connectivity index (χ0v) is 22.9. The Balaban J connectivity index is 1.53. The number of carbonyl (C=O) groups is 1. The van der Waals surface area contributed by atoms with Crippen LogP contribution in [0.15, 0.2) is 59.4 Å². The molecule has 0 aliphatic carbocycles. The molecule has 1 aromatic heterocycles. The Morgan fingerprint density at radius 2 is 2.03 bits per heavy atom. The Labute approximate surface area is 224 Å². The van der Waals surface area contributed by atoms with E-state index in [0.29, 0.717) is 34.2 Å². The highest BCUT2D eigenvalue weighted by Crippen LogP contribution is 2.38. The summed E-state index contributed by atoms with van der Waals surface area (Å²) in [4.78, 5) is 19.3. The molecular formula is C28H34F3N3O3S. The largest absolute Gasteiger partial charge is 0.482 e. The number of allylic oxidation sites excluding steroid dienone is 4. The third-order valence-corrected chi connectivity index (χ3v) is 9.45. The molecule has 1 saturated heterocycles. The zero-order chi connectivity index (χ0) is 27.4. The van der Waals surface area contributed by atoms with E-state index in [2.05, 4.69) is 36.4 Å². The van der Waals surface area contributed by atoms with Crippen molar-refractivity contribution < 1.29 is 27.4 Å². The number of nitrogens with one attached hydrogen (secondary N) is 1. The molecule has 1 amide bonds. The van der Waals surface area contributed by atoms with Crippen LogP contribution in [-0.2, 0) is 4.79 Å². The first-order chi connectivity index (χ1) is 18.1. The summed E-state index contributed by atoms with van der Waals surface area (Å²) in [6.45, 7) is 7.43. The number of carbonyl (C=O) groups excluding carboxylic acids is 1. The van der Waals surface area contributed by atoms with Crippen molar-refractivity contribution in [3.05, 3.63) is 65.2 Å². The van der Waals surface area contributed by atoms with Gasteiger partial charge in [-0.1, -0.05) is 25.3 Å². The van der Waals surface area contributed by atoms with Crippen LogP contribution in [0.4, 0.5) is 13.2 Å². The molecule has 0 unspecified atom stereocenters. The van der Waals surface area contributed by atoms with Crippen LogP contribution in [0.2, 0.25) is 0 Å². The van der Waals surface area contributed by atoms with Crippen molar-refractivity contribution >= 4 is 21.8 Å². The van der Waals surface area contributed by atoms with Gasteiger partial charge in [-0.25, -0.2) is 18.2 Å². The molecular weight excluding hydrogens is 515 g/mol. The summed E-state index contributed by atoms with van der Waals surface area (Å²) in [7, 11) is 0.318. The van der Waals surface area contributed by atoms with E-state index in [1.54, 1.807) is 12.3 Å². The second-order valence-electron chi connectivity index (χ2n) is 9.84. The van der Waals surface area contributed by atoms with Crippen LogP contribution in [0.3, 0.4) is 0 Å². The van der Waals surface area contributed by atoms with Crippen LogP contribution in [0.5, 0.6) is 11.6 Å². The molecule has 0 aromatic carbocycles. The molecule has 38 heavy (non-hydrogen) atoms. The first-order valence-corrected chi connectivity index (χ1v) is 14.4. The third-order valence-electron chi connectivity index (χ3n) is 7.33. The highest BCUT2D eigenvalue weighted by Gasteiger charge is 2.38. The van der Waals surface area contributed by atoms with Crippen LogP contribution >= 0.6 is 10.5 Å². The van der Waals surface area contributed by atoms with Crippen LogP contribution in [0.25, 0.3) is 0 Å². The minimum atomic E-state index is -2.73. The maximum absolute atomic E-state index is 13.6. The summed E-state index contributed by atoms with van der Waals surface area (Å²) in [6.07, 6.45) is 7.82. The number of aromatic nitrogens is 1. The van der Waals surface area contributed by atoms with Gasteiger partial charge in [-0.15, -0.1) is 0 Å². The Bertz CT molecular complexity index is 1230.